The van der Waals surface area contributed by atoms with Crippen LogP contribution in [0.2, 0.25) is 0 Å². The number of para-hydroxylation sites is 2. The maximum atomic E-state index is 13.7. The molecule has 1 atom stereocenters. The number of nitrogens with one attached hydrogen (secondary N) is 2. The molecule has 0 fully saturated rings. The first kappa shape index (κ1) is 20.9. The monoisotopic (exact) mass is 462 g/mol. The first-order chi connectivity index (χ1) is 17.1. The molecule has 7 heteroatoms. The molecule has 6 rings (SSSR count). The number of benzene rings is 3. The number of amides is 1. The number of aromatic nitrogens is 2. The van der Waals surface area contributed by atoms with Crippen LogP contribution in [-0.4, -0.2) is 33.9 Å². The van der Waals surface area contributed by atoms with Gasteiger partial charge in [-0.3, -0.25) is 4.79 Å². The number of nitrogens with zero attached hydrogens (tertiary/aromatic N) is 2. The number of pyridine rings is 1. The molecule has 5 aromatic rings. The number of fused-ring (bicyclic) bond motifs is 4. The van der Waals surface area contributed by atoms with Gasteiger partial charge in [-0.05, 0) is 29.8 Å². The number of esters is 1. The minimum Gasteiger partial charge on any atom is -0.464 e. The van der Waals surface area contributed by atoms with Crippen LogP contribution in [-0.2, 0) is 11.3 Å². The lowest BCUT2D eigenvalue weighted by Crippen LogP contribution is -2.43. The zero-order chi connectivity index (χ0) is 23.9. The number of aromatic amines is 1. The van der Waals surface area contributed by atoms with E-state index in [4.69, 9.17) is 9.72 Å². The third-order valence-electron chi connectivity index (χ3n) is 6.40. The van der Waals surface area contributed by atoms with Crippen LogP contribution in [0.3, 0.4) is 0 Å². The summed E-state index contributed by atoms with van der Waals surface area (Å²) in [5.41, 5.74) is 4.73. The summed E-state index contributed by atoms with van der Waals surface area (Å²) in [6, 6.07) is 26.9. The quantitative estimate of drug-likeness (QED) is 0.355. The summed E-state index contributed by atoms with van der Waals surface area (Å²) in [6.45, 7) is 0.373. The van der Waals surface area contributed by atoms with Gasteiger partial charge >= 0.3 is 5.97 Å². The molecule has 0 bridgehead atoms. The number of methoxy groups -OCH3 is 1. The topological polar surface area (TPSA) is 87.3 Å². The van der Waals surface area contributed by atoms with Gasteiger partial charge in [0.15, 0.2) is 0 Å². The van der Waals surface area contributed by atoms with Gasteiger partial charge in [0.1, 0.15) is 17.6 Å². The Labute approximate surface area is 201 Å². The second kappa shape index (κ2) is 8.29. The smallest absolute Gasteiger partial charge is 0.356 e. The molecule has 0 saturated carbocycles. The van der Waals surface area contributed by atoms with E-state index in [-0.39, 0.29) is 11.6 Å². The van der Waals surface area contributed by atoms with E-state index >= 15 is 0 Å². The fourth-order valence-corrected chi connectivity index (χ4v) is 4.73. The van der Waals surface area contributed by atoms with E-state index in [2.05, 4.69) is 10.3 Å². The summed E-state index contributed by atoms with van der Waals surface area (Å²) in [5.74, 6) is -0.640. The Balaban J connectivity index is 1.59. The molecule has 2 N–H and O–H groups in total. The van der Waals surface area contributed by atoms with Crippen molar-refractivity contribution in [2.45, 2.75) is 12.7 Å². The maximum Gasteiger partial charge on any atom is 0.356 e. The van der Waals surface area contributed by atoms with Crippen LogP contribution in [0, 0.1) is 0 Å². The highest BCUT2D eigenvalue weighted by atomic mass is 16.5. The van der Waals surface area contributed by atoms with E-state index in [0.717, 1.165) is 33.1 Å². The molecule has 1 unspecified atom stereocenters. The molecule has 0 spiro atoms. The number of carbonyl (C=O) groups excluding carboxylic acids is 2. The van der Waals surface area contributed by atoms with Gasteiger partial charge in [-0.1, -0.05) is 60.7 Å². The van der Waals surface area contributed by atoms with Crippen molar-refractivity contribution >= 4 is 39.4 Å². The average molecular weight is 463 g/mol. The zero-order valence-corrected chi connectivity index (χ0v) is 19.0. The molecule has 7 nitrogen and oxygen atoms in total. The SMILES string of the molecule is COC(=O)c1cc2c([nH]c3ccccc32)c(C2Nc3ccccc3C(=O)N2Cc2ccccc2)n1. The van der Waals surface area contributed by atoms with Crippen LogP contribution in [0.5, 0.6) is 0 Å². The van der Waals surface area contributed by atoms with Gasteiger partial charge in [0.05, 0.1) is 18.2 Å². The van der Waals surface area contributed by atoms with Crippen molar-refractivity contribution in [2.75, 3.05) is 12.4 Å². The predicted octanol–water partition coefficient (Wildman–Crippen LogP) is 5.27. The van der Waals surface area contributed by atoms with Crippen LogP contribution in [0.4, 0.5) is 5.69 Å². The molecule has 2 aromatic heterocycles. The number of carbonyl (C=O) groups is 2. The van der Waals surface area contributed by atoms with Crippen LogP contribution in [0.1, 0.15) is 38.3 Å². The minimum absolute atomic E-state index is 0.109. The van der Waals surface area contributed by atoms with Crippen LogP contribution < -0.4 is 5.32 Å². The summed E-state index contributed by atoms with van der Waals surface area (Å²) >= 11 is 0. The molecule has 0 aliphatic carbocycles. The van der Waals surface area contributed by atoms with Gasteiger partial charge in [-0.25, -0.2) is 9.78 Å². The third-order valence-corrected chi connectivity index (χ3v) is 6.40. The maximum absolute atomic E-state index is 13.7. The Bertz CT molecular complexity index is 1590. The van der Waals surface area contributed by atoms with Gasteiger partial charge in [0, 0.05) is 28.5 Å². The minimum atomic E-state index is -0.613. The largest absolute Gasteiger partial charge is 0.464 e. The molecule has 3 heterocycles. The predicted molar refractivity (Wildman–Crippen MR) is 134 cm³/mol. The van der Waals surface area contributed by atoms with Gasteiger partial charge < -0.3 is 19.9 Å². The number of ether oxygens (including phenoxy) is 1. The van der Waals surface area contributed by atoms with Gasteiger partial charge in [0.25, 0.3) is 5.91 Å². The lowest BCUT2D eigenvalue weighted by molar-refractivity contribution is 0.0593. The van der Waals surface area contributed by atoms with E-state index in [1.165, 1.54) is 7.11 Å². The van der Waals surface area contributed by atoms with Gasteiger partial charge in [0.2, 0.25) is 0 Å². The molecule has 0 saturated heterocycles. The molecule has 172 valence electrons. The van der Waals surface area contributed by atoms with Crippen LogP contribution in [0.25, 0.3) is 21.8 Å². The number of hydrogen-bond donors (Lipinski definition) is 2. The van der Waals surface area contributed by atoms with Gasteiger partial charge in [-0.2, -0.15) is 0 Å². The first-order valence-electron chi connectivity index (χ1n) is 11.3. The standard InChI is InChI=1S/C28H22N4O3/c1-35-28(34)23-15-20-18-11-5-7-13-21(18)29-24(20)25(30-23)26-31-22-14-8-6-12-19(22)27(33)32(26)16-17-9-3-2-4-10-17/h2-15,26,29,31H,16H2,1H3. The van der Waals surface area contributed by atoms with Gasteiger partial charge in [-0.15, -0.1) is 0 Å². The summed E-state index contributed by atoms with van der Waals surface area (Å²) in [4.78, 5) is 36.3. The normalized spacial score (nSPS) is 15.2. The number of hydrogen-bond acceptors (Lipinski definition) is 5. The second-order valence-corrected chi connectivity index (χ2v) is 8.49. The van der Waals surface area contributed by atoms with Crippen LogP contribution >= 0.6 is 0 Å². The summed E-state index contributed by atoms with van der Waals surface area (Å²) in [5, 5.41) is 5.32. The van der Waals surface area contributed by atoms with Crippen molar-refractivity contribution in [1.82, 2.24) is 14.9 Å². The van der Waals surface area contributed by atoms with Crippen molar-refractivity contribution in [1.29, 1.82) is 0 Å². The second-order valence-electron chi connectivity index (χ2n) is 8.49. The summed E-state index contributed by atoms with van der Waals surface area (Å²) < 4.78 is 5.00. The molecular weight excluding hydrogens is 440 g/mol. The van der Waals surface area contributed by atoms with E-state index in [1.807, 2.05) is 78.9 Å². The average Bonchev–Trinajstić information content (AvgIpc) is 3.28. The van der Waals surface area contributed by atoms with E-state index in [9.17, 15) is 9.59 Å². The van der Waals surface area contributed by atoms with Crippen molar-refractivity contribution in [3.05, 3.63) is 107 Å². The van der Waals surface area contributed by atoms with Crippen molar-refractivity contribution in [2.24, 2.45) is 0 Å². The molecule has 35 heavy (non-hydrogen) atoms. The lowest BCUT2D eigenvalue weighted by atomic mass is 10.0. The highest BCUT2D eigenvalue weighted by molar-refractivity contribution is 6.10. The van der Waals surface area contributed by atoms with Crippen molar-refractivity contribution < 1.29 is 14.3 Å². The Morgan fingerprint density at radius 2 is 1.71 bits per heavy atom. The molecule has 1 amide bonds. The van der Waals surface area contributed by atoms with Crippen LogP contribution in [0.15, 0.2) is 84.9 Å². The van der Waals surface area contributed by atoms with E-state index in [1.54, 1.807) is 11.0 Å². The Hall–Kier alpha value is -4.65. The zero-order valence-electron chi connectivity index (χ0n) is 19.0. The van der Waals surface area contributed by atoms with E-state index < -0.39 is 12.1 Å². The van der Waals surface area contributed by atoms with Crippen molar-refractivity contribution in [3.8, 4) is 0 Å². The third kappa shape index (κ3) is 3.49. The highest BCUT2D eigenvalue weighted by Crippen LogP contribution is 2.38. The fraction of sp³-hybridized carbons (Fsp3) is 0.107. The number of rotatable bonds is 4. The molecule has 3 aromatic carbocycles. The Kier molecular flexibility index (Phi) is 4.95. The number of H-pyrrole nitrogens is 1. The summed E-state index contributed by atoms with van der Waals surface area (Å²) in [7, 11) is 1.34. The fourth-order valence-electron chi connectivity index (χ4n) is 4.73. The first-order valence-corrected chi connectivity index (χ1v) is 11.3. The highest BCUT2D eigenvalue weighted by Gasteiger charge is 2.35. The lowest BCUT2D eigenvalue weighted by Gasteiger charge is -2.37. The summed E-state index contributed by atoms with van der Waals surface area (Å²) in [6.07, 6.45) is -0.613. The molecule has 0 radical (unpaired) electrons. The molecule has 1 aliphatic rings. The molecule has 1 aliphatic heterocycles. The van der Waals surface area contributed by atoms with Crippen molar-refractivity contribution in [3.63, 3.8) is 0 Å². The molecular formula is C28H22N4O3. The Morgan fingerprint density at radius 1 is 0.971 bits per heavy atom. The number of anilines is 1. The Morgan fingerprint density at radius 3 is 2.54 bits per heavy atom. The van der Waals surface area contributed by atoms with E-state index in [0.29, 0.717) is 17.8 Å².